The van der Waals surface area contributed by atoms with Gasteiger partial charge >= 0.3 is 6.18 Å². The number of anilines is 2. The minimum absolute atomic E-state index is 0.0442. The molecule has 1 saturated carbocycles. The van der Waals surface area contributed by atoms with Crippen LogP contribution < -0.4 is 15.0 Å². The number of ether oxygens (including phenoxy) is 1. The zero-order valence-corrected chi connectivity index (χ0v) is 22.8. The largest absolute Gasteiger partial charge is 0.474 e. The molecule has 2 fully saturated rings. The first-order chi connectivity index (χ1) is 19.0. The van der Waals surface area contributed by atoms with Crippen LogP contribution in [0.25, 0.3) is 0 Å². The van der Waals surface area contributed by atoms with Crippen molar-refractivity contribution >= 4 is 39.0 Å². The van der Waals surface area contributed by atoms with Crippen LogP contribution in [0.15, 0.2) is 65.6 Å². The highest BCUT2D eigenvalue weighted by atomic mass is 35.5. The van der Waals surface area contributed by atoms with Gasteiger partial charge in [-0.3, -0.25) is 4.79 Å². The van der Waals surface area contributed by atoms with E-state index in [1.165, 1.54) is 28.6 Å². The molecule has 0 bridgehead atoms. The first-order valence-corrected chi connectivity index (χ1v) is 14.6. The van der Waals surface area contributed by atoms with E-state index in [-0.39, 0.29) is 54.8 Å². The van der Waals surface area contributed by atoms with E-state index < -0.39 is 21.8 Å². The number of carbonyl (C=O) groups is 1. The maximum atomic E-state index is 13.5. The standard InChI is InChI=1S/C27H26ClF3N4O4S/c28-17-18-1-3-19(4-2-18)26(36)32-21-5-9-23(10-6-21)40(37,38)35-13-11-34(12-14-35)24-15-20(27(29,30)31)16-25(33-24)39-22-7-8-22/h1-6,9-10,15-16,22H,7-8,11-14,17H2,(H,32,36). The highest BCUT2D eigenvalue weighted by molar-refractivity contribution is 7.89. The Bertz CT molecular complexity index is 1470. The molecule has 2 heterocycles. The number of nitrogens with zero attached hydrogens (tertiary/aromatic N) is 3. The molecule has 40 heavy (non-hydrogen) atoms. The molecule has 3 aromatic rings. The Hall–Kier alpha value is -3.35. The minimum Gasteiger partial charge on any atom is -0.474 e. The number of nitrogens with one attached hydrogen (secondary N) is 1. The number of pyridine rings is 1. The quantitative estimate of drug-likeness (QED) is 0.363. The third kappa shape index (κ3) is 6.51. The molecular formula is C27H26ClF3N4O4S. The van der Waals surface area contributed by atoms with Crippen LogP contribution in [0.4, 0.5) is 24.7 Å². The number of benzene rings is 2. The molecular weight excluding hydrogens is 569 g/mol. The van der Waals surface area contributed by atoms with Crippen molar-refractivity contribution in [3.63, 3.8) is 0 Å². The summed E-state index contributed by atoms with van der Waals surface area (Å²) in [6, 6.07) is 14.5. The molecule has 0 radical (unpaired) electrons. The molecule has 1 aromatic heterocycles. The summed E-state index contributed by atoms with van der Waals surface area (Å²) in [5, 5.41) is 2.73. The van der Waals surface area contributed by atoms with Crippen molar-refractivity contribution in [1.29, 1.82) is 0 Å². The van der Waals surface area contributed by atoms with Gasteiger partial charge in [-0.05, 0) is 60.9 Å². The lowest BCUT2D eigenvalue weighted by Crippen LogP contribution is -2.49. The molecule has 2 aliphatic rings. The molecule has 8 nitrogen and oxygen atoms in total. The highest BCUT2D eigenvalue weighted by Crippen LogP contribution is 2.35. The normalized spacial score (nSPS) is 16.6. The van der Waals surface area contributed by atoms with Gasteiger partial charge in [0.05, 0.1) is 10.5 Å². The molecule has 0 spiro atoms. The van der Waals surface area contributed by atoms with Gasteiger partial charge in [0.25, 0.3) is 5.91 Å². The number of sulfonamides is 1. The maximum absolute atomic E-state index is 13.5. The van der Waals surface area contributed by atoms with Crippen LogP contribution in [0.1, 0.15) is 34.3 Å². The highest BCUT2D eigenvalue weighted by Gasteiger charge is 2.35. The van der Waals surface area contributed by atoms with E-state index in [1.807, 2.05) is 0 Å². The van der Waals surface area contributed by atoms with Gasteiger partial charge in [-0.2, -0.15) is 22.5 Å². The van der Waals surface area contributed by atoms with Gasteiger partial charge < -0.3 is 15.0 Å². The fourth-order valence-corrected chi connectivity index (χ4v) is 5.80. The van der Waals surface area contributed by atoms with Gasteiger partial charge in [-0.25, -0.2) is 8.42 Å². The number of hydrogen-bond donors (Lipinski definition) is 1. The van der Waals surface area contributed by atoms with E-state index in [0.29, 0.717) is 17.1 Å². The molecule has 0 unspecified atom stereocenters. The summed E-state index contributed by atoms with van der Waals surface area (Å²) in [4.78, 5) is 18.4. The Morgan fingerprint density at radius 2 is 1.65 bits per heavy atom. The Labute approximate surface area is 234 Å². The second-order valence-corrected chi connectivity index (χ2v) is 11.8. The third-order valence-electron chi connectivity index (χ3n) is 6.61. The first kappa shape index (κ1) is 28.2. The van der Waals surface area contributed by atoms with Gasteiger partial charge in [0.2, 0.25) is 15.9 Å². The number of piperazine rings is 1. The summed E-state index contributed by atoms with van der Waals surface area (Å²) in [6.45, 7) is 0.450. The average molecular weight is 595 g/mol. The predicted octanol–water partition coefficient (Wildman–Crippen LogP) is 5.14. The van der Waals surface area contributed by atoms with E-state index in [4.69, 9.17) is 16.3 Å². The Morgan fingerprint density at radius 1 is 1.00 bits per heavy atom. The molecule has 1 aliphatic carbocycles. The van der Waals surface area contributed by atoms with Gasteiger partial charge in [-0.15, -0.1) is 11.6 Å². The number of rotatable bonds is 8. The first-order valence-electron chi connectivity index (χ1n) is 12.6. The molecule has 2 aromatic carbocycles. The van der Waals surface area contributed by atoms with Crippen molar-refractivity contribution < 1.29 is 31.1 Å². The van der Waals surface area contributed by atoms with Crippen molar-refractivity contribution in [2.75, 3.05) is 36.4 Å². The van der Waals surface area contributed by atoms with Crippen LogP contribution in [0, 0.1) is 0 Å². The van der Waals surface area contributed by atoms with Crippen molar-refractivity contribution in [3.8, 4) is 5.88 Å². The van der Waals surface area contributed by atoms with Crippen LogP contribution in [0.3, 0.4) is 0 Å². The Balaban J connectivity index is 1.23. The van der Waals surface area contributed by atoms with E-state index in [0.717, 1.165) is 30.5 Å². The molecule has 1 amide bonds. The van der Waals surface area contributed by atoms with E-state index in [2.05, 4.69) is 10.3 Å². The third-order valence-corrected chi connectivity index (χ3v) is 8.83. The number of aromatic nitrogens is 1. The maximum Gasteiger partial charge on any atom is 0.416 e. The van der Waals surface area contributed by atoms with Crippen molar-refractivity contribution in [2.45, 2.75) is 35.9 Å². The number of hydrogen-bond acceptors (Lipinski definition) is 6. The second kappa shape index (κ2) is 11.3. The van der Waals surface area contributed by atoms with E-state index in [1.54, 1.807) is 29.2 Å². The smallest absolute Gasteiger partial charge is 0.416 e. The van der Waals surface area contributed by atoms with Crippen molar-refractivity contribution in [2.24, 2.45) is 0 Å². The summed E-state index contributed by atoms with van der Waals surface area (Å²) >= 11 is 5.77. The van der Waals surface area contributed by atoms with Crippen LogP contribution in [0.2, 0.25) is 0 Å². The summed E-state index contributed by atoms with van der Waals surface area (Å²) in [7, 11) is -3.86. The predicted molar refractivity (Wildman–Crippen MR) is 144 cm³/mol. The summed E-state index contributed by atoms with van der Waals surface area (Å²) in [6.07, 6.45) is -3.13. The molecule has 1 aliphatic heterocycles. The summed E-state index contributed by atoms with van der Waals surface area (Å²) in [5.74, 6) is 0.00848. The molecule has 1 saturated heterocycles. The van der Waals surface area contributed by atoms with E-state index in [9.17, 15) is 26.4 Å². The van der Waals surface area contributed by atoms with Crippen LogP contribution in [0.5, 0.6) is 5.88 Å². The van der Waals surface area contributed by atoms with Crippen molar-refractivity contribution in [3.05, 3.63) is 77.4 Å². The number of amides is 1. The molecule has 212 valence electrons. The van der Waals surface area contributed by atoms with Gasteiger partial charge in [-0.1, -0.05) is 12.1 Å². The fourth-order valence-electron chi connectivity index (χ4n) is 4.20. The van der Waals surface area contributed by atoms with Crippen LogP contribution >= 0.6 is 11.6 Å². The summed E-state index contributed by atoms with van der Waals surface area (Å²) in [5.41, 5.74) is 0.884. The lowest BCUT2D eigenvalue weighted by molar-refractivity contribution is -0.137. The Kier molecular flexibility index (Phi) is 7.94. The number of alkyl halides is 4. The monoisotopic (exact) mass is 594 g/mol. The fraction of sp³-hybridized carbons (Fsp3) is 0.333. The topological polar surface area (TPSA) is 91.8 Å². The average Bonchev–Trinajstić information content (AvgIpc) is 3.77. The van der Waals surface area contributed by atoms with Crippen LogP contribution in [-0.2, 0) is 22.1 Å². The molecule has 13 heteroatoms. The lowest BCUT2D eigenvalue weighted by atomic mass is 10.1. The second-order valence-electron chi connectivity index (χ2n) is 9.57. The number of halogens is 4. The summed E-state index contributed by atoms with van der Waals surface area (Å²) < 4.78 is 73.7. The van der Waals surface area contributed by atoms with Crippen LogP contribution in [-0.4, -0.2) is 55.9 Å². The van der Waals surface area contributed by atoms with Gasteiger partial charge in [0.15, 0.2) is 0 Å². The molecule has 5 rings (SSSR count). The van der Waals surface area contributed by atoms with Crippen molar-refractivity contribution in [1.82, 2.24) is 9.29 Å². The minimum atomic E-state index is -4.56. The van der Waals surface area contributed by atoms with Gasteiger partial charge in [0, 0.05) is 49.4 Å². The molecule has 0 atom stereocenters. The zero-order valence-electron chi connectivity index (χ0n) is 21.2. The van der Waals surface area contributed by atoms with Gasteiger partial charge in [0.1, 0.15) is 11.9 Å². The number of carbonyl (C=O) groups excluding carboxylic acids is 1. The zero-order chi connectivity index (χ0) is 28.5. The van der Waals surface area contributed by atoms with E-state index >= 15 is 0 Å². The molecule has 1 N–H and O–H groups in total. The Morgan fingerprint density at radius 3 is 2.23 bits per heavy atom. The SMILES string of the molecule is O=C(Nc1ccc(S(=O)(=O)N2CCN(c3cc(C(F)(F)F)cc(OC4CC4)n3)CC2)cc1)c1ccc(CCl)cc1. The lowest BCUT2D eigenvalue weighted by Gasteiger charge is -2.35.